The van der Waals surface area contributed by atoms with Crippen LogP contribution in [0.3, 0.4) is 0 Å². The van der Waals surface area contributed by atoms with Gasteiger partial charge < -0.3 is 14.2 Å². The Morgan fingerprint density at radius 1 is 0.977 bits per heavy atom. The van der Waals surface area contributed by atoms with Gasteiger partial charge in [0.05, 0.1) is 31.0 Å². The van der Waals surface area contributed by atoms with Gasteiger partial charge in [-0.3, -0.25) is 19.2 Å². The molecule has 0 radical (unpaired) electrons. The van der Waals surface area contributed by atoms with E-state index >= 15 is 0 Å². The van der Waals surface area contributed by atoms with Crippen molar-refractivity contribution in [3.63, 3.8) is 0 Å². The molecule has 0 aliphatic heterocycles. The zero-order valence-corrected chi connectivity index (χ0v) is 25.1. The Balaban J connectivity index is 1.51. The molecule has 0 fully saturated rings. The Labute approximate surface area is 258 Å². The van der Waals surface area contributed by atoms with Crippen LogP contribution in [0.5, 0.6) is 17.2 Å². The van der Waals surface area contributed by atoms with E-state index in [1.54, 1.807) is 36.4 Å². The Hall–Kier alpha value is -5.14. The zero-order chi connectivity index (χ0) is 31.7. The molecule has 0 saturated carbocycles. The highest BCUT2D eigenvalue weighted by Gasteiger charge is 2.34. The van der Waals surface area contributed by atoms with Gasteiger partial charge in [-0.05, 0) is 65.7 Å². The highest BCUT2D eigenvalue weighted by molar-refractivity contribution is 7.93. The van der Waals surface area contributed by atoms with Gasteiger partial charge in [0.25, 0.3) is 21.6 Å². The van der Waals surface area contributed by atoms with Gasteiger partial charge in [-0.25, -0.2) is 13.8 Å². The number of carbonyl (C=O) groups excluding carboxylic acids is 1. The van der Waals surface area contributed by atoms with Crippen molar-refractivity contribution in [3.05, 3.63) is 117 Å². The van der Waals surface area contributed by atoms with Gasteiger partial charge in [-0.15, -0.1) is 0 Å². The van der Waals surface area contributed by atoms with Crippen LogP contribution in [-0.4, -0.2) is 46.2 Å². The van der Waals surface area contributed by atoms with Crippen molar-refractivity contribution in [1.29, 1.82) is 0 Å². The molecule has 0 unspecified atom stereocenters. The summed E-state index contributed by atoms with van der Waals surface area (Å²) in [6.07, 6.45) is 1.37. The van der Waals surface area contributed by atoms with Crippen LogP contribution < -0.4 is 23.9 Å². The van der Waals surface area contributed by atoms with E-state index in [1.165, 1.54) is 50.8 Å². The van der Waals surface area contributed by atoms with Crippen molar-refractivity contribution in [3.8, 4) is 17.2 Å². The molecule has 0 aliphatic rings. The molecule has 44 heavy (non-hydrogen) atoms. The van der Waals surface area contributed by atoms with Gasteiger partial charge in [0.2, 0.25) is 0 Å². The van der Waals surface area contributed by atoms with Crippen LogP contribution in [0.4, 0.5) is 11.4 Å². The largest absolute Gasteiger partial charge is 0.497 e. The Morgan fingerprint density at radius 2 is 1.66 bits per heavy atom. The third-order valence-electron chi connectivity index (χ3n) is 6.17. The summed E-state index contributed by atoms with van der Waals surface area (Å²) in [5, 5.41) is 16.2. The number of nitrogens with zero attached hydrogens (tertiary/aromatic N) is 3. The molecule has 228 valence electrons. The minimum Gasteiger partial charge on any atom is -0.497 e. The van der Waals surface area contributed by atoms with Gasteiger partial charge in [-0.2, -0.15) is 5.10 Å². The zero-order valence-electron chi connectivity index (χ0n) is 23.5. The predicted octanol–water partition coefficient (Wildman–Crippen LogP) is 5.19. The van der Waals surface area contributed by atoms with Gasteiger partial charge >= 0.3 is 0 Å². The van der Waals surface area contributed by atoms with E-state index in [9.17, 15) is 23.3 Å². The minimum absolute atomic E-state index is 0.0419. The van der Waals surface area contributed by atoms with Gasteiger partial charge in [0, 0.05) is 17.2 Å². The van der Waals surface area contributed by atoms with E-state index in [2.05, 4.69) is 10.5 Å². The number of sulfonamides is 1. The summed E-state index contributed by atoms with van der Waals surface area (Å²) in [6.45, 7) is -0.420. The van der Waals surface area contributed by atoms with Crippen molar-refractivity contribution < 1.29 is 32.3 Å². The number of methoxy groups -OCH3 is 2. The number of nitrogens with one attached hydrogen (secondary N) is 1. The van der Waals surface area contributed by atoms with Crippen LogP contribution in [0.25, 0.3) is 0 Å². The van der Waals surface area contributed by atoms with Crippen molar-refractivity contribution in [2.75, 3.05) is 25.1 Å². The summed E-state index contributed by atoms with van der Waals surface area (Å²) in [5.74, 6) is 0.222. The number of nitro benzene ring substituents is 1. The van der Waals surface area contributed by atoms with E-state index < -0.39 is 38.0 Å². The van der Waals surface area contributed by atoms with Crippen molar-refractivity contribution in [2.45, 2.75) is 11.5 Å². The number of nitro groups is 1. The number of ether oxygens (including phenoxy) is 3. The fourth-order valence-corrected chi connectivity index (χ4v) is 5.70. The Kier molecular flexibility index (Phi) is 10.4. The fraction of sp³-hybridized carbons (Fsp3) is 0.133. The first-order valence-corrected chi connectivity index (χ1v) is 14.7. The number of carbonyl (C=O) groups is 1. The molecule has 1 amide bonds. The minimum atomic E-state index is -4.65. The molecule has 4 aromatic rings. The van der Waals surface area contributed by atoms with Crippen LogP contribution in [0.15, 0.2) is 101 Å². The second kappa shape index (κ2) is 14.4. The molecule has 4 aromatic carbocycles. The highest BCUT2D eigenvalue weighted by atomic mass is 35.5. The van der Waals surface area contributed by atoms with Crippen LogP contribution >= 0.6 is 11.6 Å². The molecule has 0 spiro atoms. The lowest BCUT2D eigenvalue weighted by Crippen LogP contribution is -2.40. The third kappa shape index (κ3) is 7.82. The molecular formula is C30H27ClN4O8S. The number of anilines is 1. The number of amides is 1. The second-order valence-electron chi connectivity index (χ2n) is 9.05. The summed E-state index contributed by atoms with van der Waals surface area (Å²) < 4.78 is 44.6. The number of rotatable bonds is 13. The molecule has 14 heteroatoms. The Bertz CT molecular complexity index is 1770. The summed E-state index contributed by atoms with van der Waals surface area (Å²) in [5.41, 5.74) is 3.19. The van der Waals surface area contributed by atoms with E-state index in [-0.39, 0.29) is 11.4 Å². The molecule has 0 aliphatic carbocycles. The average Bonchev–Trinajstić information content (AvgIpc) is 3.03. The third-order valence-corrected chi connectivity index (χ3v) is 8.23. The molecule has 0 saturated heterocycles. The van der Waals surface area contributed by atoms with Crippen LogP contribution in [-0.2, 0) is 21.4 Å². The predicted molar refractivity (Wildman–Crippen MR) is 165 cm³/mol. The molecular weight excluding hydrogens is 612 g/mol. The SMILES string of the molecule is COc1ccc(N(CC(=O)N/N=C\c2ccc(OCc3ccc(Cl)cc3)cc2)S(=O)(=O)c2ccccc2[N+](=O)[O-])c(OC)c1. The topological polar surface area (TPSA) is 150 Å². The molecule has 12 nitrogen and oxygen atoms in total. The van der Waals surface area contributed by atoms with Gasteiger partial charge in [0.1, 0.15) is 30.4 Å². The first-order chi connectivity index (χ1) is 21.1. The smallest absolute Gasteiger partial charge is 0.289 e. The van der Waals surface area contributed by atoms with Gasteiger partial charge in [0.15, 0.2) is 4.90 Å². The number of halogens is 1. The first-order valence-electron chi connectivity index (χ1n) is 12.9. The molecule has 0 heterocycles. The number of para-hydroxylation sites is 1. The molecule has 0 bridgehead atoms. The first kappa shape index (κ1) is 31.8. The quantitative estimate of drug-likeness (QED) is 0.119. The normalized spacial score (nSPS) is 11.2. The summed E-state index contributed by atoms with van der Waals surface area (Å²) in [7, 11) is -1.92. The van der Waals surface area contributed by atoms with Crippen LogP contribution in [0.1, 0.15) is 11.1 Å². The van der Waals surface area contributed by atoms with E-state index in [0.29, 0.717) is 33.0 Å². The lowest BCUT2D eigenvalue weighted by Gasteiger charge is -2.25. The van der Waals surface area contributed by atoms with Crippen molar-refractivity contribution in [1.82, 2.24) is 5.43 Å². The maximum atomic E-state index is 13.8. The highest BCUT2D eigenvalue weighted by Crippen LogP contribution is 2.37. The van der Waals surface area contributed by atoms with Crippen molar-refractivity contribution >= 4 is 45.1 Å². The lowest BCUT2D eigenvalue weighted by molar-refractivity contribution is -0.387. The van der Waals surface area contributed by atoms with E-state index in [1.807, 2.05) is 12.1 Å². The lowest BCUT2D eigenvalue weighted by atomic mass is 10.2. The maximum absolute atomic E-state index is 13.8. The molecule has 1 N–H and O–H groups in total. The maximum Gasteiger partial charge on any atom is 0.289 e. The number of hydrazone groups is 1. The van der Waals surface area contributed by atoms with E-state index in [4.69, 9.17) is 25.8 Å². The average molecular weight is 639 g/mol. The molecule has 0 atom stereocenters. The number of benzene rings is 4. The Morgan fingerprint density at radius 3 is 2.32 bits per heavy atom. The van der Waals surface area contributed by atoms with Crippen molar-refractivity contribution in [2.24, 2.45) is 5.10 Å². The van der Waals surface area contributed by atoms with E-state index in [0.717, 1.165) is 17.7 Å². The van der Waals surface area contributed by atoms with Crippen LogP contribution in [0, 0.1) is 10.1 Å². The summed E-state index contributed by atoms with van der Waals surface area (Å²) in [4.78, 5) is 23.2. The fourth-order valence-electron chi connectivity index (χ4n) is 3.98. The molecule has 0 aromatic heterocycles. The molecule has 4 rings (SSSR count). The van der Waals surface area contributed by atoms with Crippen LogP contribution in [0.2, 0.25) is 5.02 Å². The summed E-state index contributed by atoms with van der Waals surface area (Å²) in [6, 6.07) is 23.3. The monoisotopic (exact) mass is 638 g/mol. The second-order valence-corrected chi connectivity index (χ2v) is 11.3. The standard InChI is InChI=1S/C30H27ClN4O8S/c1-41-25-15-16-26(28(17-25)42-2)34(44(39,40)29-6-4-3-5-27(29)35(37)38)19-30(36)33-32-18-21-9-13-24(14-10-21)43-20-22-7-11-23(31)12-8-22/h3-18H,19-20H2,1-2H3,(H,33,36)/b32-18-. The van der Waals surface area contributed by atoms with Gasteiger partial charge in [-0.1, -0.05) is 35.9 Å². The number of hydrogen-bond donors (Lipinski definition) is 1. The summed E-state index contributed by atoms with van der Waals surface area (Å²) >= 11 is 5.90. The number of hydrogen-bond acceptors (Lipinski definition) is 9.